The molecule has 0 saturated carbocycles. The number of unbranched alkanes of at least 4 members (excludes halogenated alkanes) is 1. The van der Waals surface area contributed by atoms with Crippen molar-refractivity contribution in [2.75, 3.05) is 19.6 Å². The van der Waals surface area contributed by atoms with E-state index in [1.54, 1.807) is 13.2 Å². The first-order valence-electron chi connectivity index (χ1n) is 6.56. The second-order valence-electron chi connectivity index (χ2n) is 4.57. The van der Waals surface area contributed by atoms with Gasteiger partial charge in [0.05, 0.1) is 16.1 Å². The molecule has 0 spiro atoms. The molecule has 0 amide bonds. The molecule has 0 unspecified atom stereocenters. The Labute approximate surface area is 127 Å². The van der Waals surface area contributed by atoms with E-state index < -0.39 is 5.82 Å². The van der Waals surface area contributed by atoms with Gasteiger partial charge in [-0.15, -0.1) is 11.6 Å². The maximum atomic E-state index is 13.5. The molecular formula is C14H17Cl2FN2O. The van der Waals surface area contributed by atoms with Gasteiger partial charge in [-0.05, 0) is 18.9 Å². The third-order valence-electron chi connectivity index (χ3n) is 3.17. The van der Waals surface area contributed by atoms with Crippen molar-refractivity contribution in [2.24, 2.45) is 0 Å². The summed E-state index contributed by atoms with van der Waals surface area (Å²) >= 11 is 11.7. The number of methoxy groups -OCH3 is 1. The van der Waals surface area contributed by atoms with Gasteiger partial charge in [0.15, 0.2) is 0 Å². The molecule has 6 heteroatoms. The van der Waals surface area contributed by atoms with E-state index in [0.717, 1.165) is 37.3 Å². The van der Waals surface area contributed by atoms with E-state index in [1.165, 1.54) is 6.07 Å². The van der Waals surface area contributed by atoms with Crippen LogP contribution in [0.4, 0.5) is 4.39 Å². The van der Waals surface area contributed by atoms with Crippen molar-refractivity contribution in [1.29, 1.82) is 0 Å². The van der Waals surface area contributed by atoms with Crippen LogP contribution in [-0.4, -0.2) is 29.1 Å². The van der Waals surface area contributed by atoms with E-state index in [-0.39, 0.29) is 5.02 Å². The fourth-order valence-corrected chi connectivity index (χ4v) is 2.54. The summed E-state index contributed by atoms with van der Waals surface area (Å²) in [6.45, 7) is 1.53. The second-order valence-corrected chi connectivity index (χ2v) is 5.36. The zero-order valence-electron chi connectivity index (χ0n) is 11.3. The molecule has 0 atom stereocenters. The highest BCUT2D eigenvalue weighted by atomic mass is 35.5. The molecule has 110 valence electrons. The molecule has 0 aliphatic carbocycles. The van der Waals surface area contributed by atoms with Gasteiger partial charge in [0.2, 0.25) is 0 Å². The first-order valence-corrected chi connectivity index (χ1v) is 7.47. The zero-order valence-corrected chi connectivity index (χ0v) is 12.8. The molecule has 0 N–H and O–H groups in total. The minimum atomic E-state index is -0.444. The lowest BCUT2D eigenvalue weighted by atomic mass is 10.2. The quantitative estimate of drug-likeness (QED) is 0.569. The van der Waals surface area contributed by atoms with Gasteiger partial charge in [-0.2, -0.15) is 0 Å². The largest absolute Gasteiger partial charge is 0.385 e. The van der Waals surface area contributed by atoms with Gasteiger partial charge in [0.25, 0.3) is 0 Å². The molecule has 0 saturated heterocycles. The summed E-state index contributed by atoms with van der Waals surface area (Å²) in [5.41, 5.74) is 1.48. The van der Waals surface area contributed by atoms with Crippen molar-refractivity contribution in [1.82, 2.24) is 9.55 Å². The van der Waals surface area contributed by atoms with E-state index in [2.05, 4.69) is 9.55 Å². The molecule has 0 aliphatic heterocycles. The number of benzene rings is 1. The number of aromatic nitrogens is 2. The Morgan fingerprint density at radius 2 is 2.15 bits per heavy atom. The number of nitrogens with zero attached hydrogens (tertiary/aromatic N) is 2. The Kier molecular flexibility index (Phi) is 5.64. The molecule has 1 aromatic carbocycles. The Balaban J connectivity index is 2.32. The average Bonchev–Trinajstić information content (AvgIpc) is 2.73. The van der Waals surface area contributed by atoms with E-state index in [0.29, 0.717) is 17.8 Å². The molecule has 0 fully saturated rings. The summed E-state index contributed by atoms with van der Waals surface area (Å²) in [4.78, 5) is 4.45. The van der Waals surface area contributed by atoms with Crippen LogP contribution >= 0.6 is 23.2 Å². The smallest absolute Gasteiger partial charge is 0.144 e. The van der Waals surface area contributed by atoms with E-state index >= 15 is 0 Å². The fraction of sp³-hybridized carbons (Fsp3) is 0.500. The van der Waals surface area contributed by atoms with Crippen LogP contribution in [0.15, 0.2) is 12.1 Å². The molecule has 3 nitrogen and oxygen atoms in total. The summed E-state index contributed by atoms with van der Waals surface area (Å²) in [6.07, 6.45) is 2.58. The van der Waals surface area contributed by atoms with Crippen LogP contribution in [0.2, 0.25) is 5.02 Å². The van der Waals surface area contributed by atoms with E-state index in [4.69, 9.17) is 27.9 Å². The van der Waals surface area contributed by atoms with Crippen molar-refractivity contribution >= 4 is 34.2 Å². The summed E-state index contributed by atoms with van der Waals surface area (Å²) < 4.78 is 20.6. The number of ether oxygens (including phenoxy) is 1. The maximum absolute atomic E-state index is 13.5. The summed E-state index contributed by atoms with van der Waals surface area (Å²) in [5.74, 6) is 0.909. The number of rotatable bonds is 7. The number of aryl methyl sites for hydroxylation is 2. The van der Waals surface area contributed by atoms with E-state index in [9.17, 15) is 4.39 Å². The third-order valence-corrected chi connectivity index (χ3v) is 3.65. The Hall–Kier alpha value is -0.840. The number of alkyl halides is 1. The van der Waals surface area contributed by atoms with Gasteiger partial charge < -0.3 is 9.30 Å². The van der Waals surface area contributed by atoms with Crippen molar-refractivity contribution in [3.8, 4) is 0 Å². The first kappa shape index (κ1) is 15.5. The van der Waals surface area contributed by atoms with Crippen LogP contribution < -0.4 is 0 Å². The standard InChI is InChI=1S/C14H17Cl2FN2O/c1-20-7-3-2-6-19-13-8-10(16)11(17)9-12(13)18-14(19)4-5-15/h8-9H,2-7H2,1H3. The van der Waals surface area contributed by atoms with Crippen LogP contribution in [-0.2, 0) is 17.7 Å². The summed E-state index contributed by atoms with van der Waals surface area (Å²) in [6, 6.07) is 3.01. The number of imidazole rings is 1. The molecule has 1 aromatic heterocycles. The van der Waals surface area contributed by atoms with Gasteiger partial charge in [-0.25, -0.2) is 9.37 Å². The highest BCUT2D eigenvalue weighted by molar-refractivity contribution is 6.31. The predicted molar refractivity (Wildman–Crippen MR) is 80.2 cm³/mol. The number of halogens is 3. The lowest BCUT2D eigenvalue weighted by Crippen LogP contribution is -2.05. The maximum Gasteiger partial charge on any atom is 0.144 e. The molecule has 2 aromatic rings. The molecule has 2 rings (SSSR count). The zero-order chi connectivity index (χ0) is 14.5. The molecule has 20 heavy (non-hydrogen) atoms. The Morgan fingerprint density at radius 1 is 1.35 bits per heavy atom. The van der Waals surface area contributed by atoms with Gasteiger partial charge >= 0.3 is 0 Å². The summed E-state index contributed by atoms with van der Waals surface area (Å²) in [5, 5.41) is 0.118. The highest BCUT2D eigenvalue weighted by Gasteiger charge is 2.13. The SMILES string of the molecule is COCCCCn1c(CCCl)nc2cc(F)c(Cl)cc21. The van der Waals surface area contributed by atoms with Crippen molar-refractivity contribution in [3.05, 3.63) is 28.8 Å². The number of hydrogen-bond donors (Lipinski definition) is 0. The average molecular weight is 319 g/mol. The first-order chi connectivity index (χ1) is 9.67. The number of fused-ring (bicyclic) bond motifs is 1. The van der Waals surface area contributed by atoms with Gasteiger partial charge in [-0.3, -0.25) is 0 Å². The van der Waals surface area contributed by atoms with Crippen LogP contribution in [0.5, 0.6) is 0 Å². The van der Waals surface area contributed by atoms with Crippen LogP contribution in [0, 0.1) is 5.82 Å². The van der Waals surface area contributed by atoms with Gasteiger partial charge in [-0.1, -0.05) is 11.6 Å². The predicted octanol–water partition coefficient (Wildman–Crippen LogP) is 4.04. The molecule has 1 heterocycles. The lowest BCUT2D eigenvalue weighted by molar-refractivity contribution is 0.191. The molecule has 0 radical (unpaired) electrons. The molecular weight excluding hydrogens is 302 g/mol. The fourth-order valence-electron chi connectivity index (χ4n) is 2.21. The molecule has 0 aliphatic rings. The van der Waals surface area contributed by atoms with Crippen LogP contribution in [0.1, 0.15) is 18.7 Å². The minimum absolute atomic E-state index is 0.118. The summed E-state index contributed by atoms with van der Waals surface area (Å²) in [7, 11) is 1.69. The van der Waals surface area contributed by atoms with Crippen molar-refractivity contribution < 1.29 is 9.13 Å². The Bertz CT molecular complexity index is 586. The van der Waals surface area contributed by atoms with Crippen LogP contribution in [0.3, 0.4) is 0 Å². The molecule has 0 bridgehead atoms. The second kappa shape index (κ2) is 7.25. The van der Waals surface area contributed by atoms with Crippen LogP contribution in [0.25, 0.3) is 11.0 Å². The topological polar surface area (TPSA) is 27.1 Å². The van der Waals surface area contributed by atoms with E-state index in [1.807, 2.05) is 0 Å². The van der Waals surface area contributed by atoms with Crippen molar-refractivity contribution in [3.63, 3.8) is 0 Å². The minimum Gasteiger partial charge on any atom is -0.385 e. The Morgan fingerprint density at radius 3 is 2.85 bits per heavy atom. The number of hydrogen-bond acceptors (Lipinski definition) is 2. The lowest BCUT2D eigenvalue weighted by Gasteiger charge is -2.08. The highest BCUT2D eigenvalue weighted by Crippen LogP contribution is 2.24. The monoisotopic (exact) mass is 318 g/mol. The van der Waals surface area contributed by atoms with Gasteiger partial charge in [0.1, 0.15) is 11.6 Å². The van der Waals surface area contributed by atoms with Gasteiger partial charge in [0, 0.05) is 38.6 Å². The normalized spacial score (nSPS) is 11.4. The van der Waals surface area contributed by atoms with Crippen molar-refractivity contribution in [2.45, 2.75) is 25.8 Å². The third kappa shape index (κ3) is 3.43.